The molecule has 10 nitrogen and oxygen atoms in total. The van der Waals surface area contributed by atoms with Gasteiger partial charge in [0.25, 0.3) is 0 Å². The normalized spacial score (nSPS) is 21.1. The molecule has 0 spiro atoms. The lowest BCUT2D eigenvalue weighted by Crippen LogP contribution is -2.56. The molecule has 0 radical (unpaired) electrons. The number of rotatable bonds is 7. The van der Waals surface area contributed by atoms with Crippen LogP contribution in [0.1, 0.15) is 11.3 Å². The third-order valence-electron chi connectivity index (χ3n) is 8.41. The molecule has 10 heteroatoms. The number of nitrogens with zero attached hydrogens (tertiary/aromatic N) is 7. The molecular weight excluding hydrogens is 530 g/mol. The van der Waals surface area contributed by atoms with Gasteiger partial charge in [-0.25, -0.2) is 6.57 Å². The zero-order valence-electron chi connectivity index (χ0n) is 24.1. The van der Waals surface area contributed by atoms with Crippen LogP contribution in [0.5, 0.6) is 6.01 Å². The molecule has 2 atom stereocenters. The average molecular weight is 568 g/mol. The molecule has 2 saturated heterocycles. The van der Waals surface area contributed by atoms with E-state index in [9.17, 15) is 4.79 Å². The standard InChI is InChI=1S/C32H37N7O3/c1-4-30(40)39-15-14-38(19-24(39)18-33-2)31-27-12-13-37(29-11-7-9-23-8-5-6-10-26(23)29)21-28(27)34-32(35-31)42-22-25-20-36(3)16-17-41-25/h4-11,24-25H,1,12-22H2,3H3/t24-,25-/m0/s1. The van der Waals surface area contributed by atoms with E-state index in [-0.39, 0.29) is 24.6 Å². The van der Waals surface area contributed by atoms with E-state index in [0.717, 1.165) is 43.1 Å². The van der Waals surface area contributed by atoms with Gasteiger partial charge in [0.1, 0.15) is 24.6 Å². The second-order valence-corrected chi connectivity index (χ2v) is 11.2. The summed E-state index contributed by atoms with van der Waals surface area (Å²) in [6.45, 7) is 17.2. The quantitative estimate of drug-likeness (QED) is 0.319. The van der Waals surface area contributed by atoms with E-state index >= 15 is 0 Å². The van der Waals surface area contributed by atoms with Crippen LogP contribution >= 0.6 is 0 Å². The van der Waals surface area contributed by atoms with Crippen molar-refractivity contribution >= 4 is 28.2 Å². The molecule has 1 amide bonds. The molecule has 0 bridgehead atoms. The third kappa shape index (κ3) is 5.75. The molecule has 42 heavy (non-hydrogen) atoms. The Morgan fingerprint density at radius 2 is 1.98 bits per heavy atom. The number of hydrogen-bond donors (Lipinski definition) is 0. The molecule has 0 aliphatic carbocycles. The van der Waals surface area contributed by atoms with E-state index in [1.54, 1.807) is 4.90 Å². The lowest BCUT2D eigenvalue weighted by atomic mass is 10.0. The Labute approximate surface area is 247 Å². The lowest BCUT2D eigenvalue weighted by Gasteiger charge is -2.41. The third-order valence-corrected chi connectivity index (χ3v) is 8.41. The number of amides is 1. The molecule has 2 aromatic carbocycles. The van der Waals surface area contributed by atoms with Crippen LogP contribution in [0.25, 0.3) is 15.6 Å². The zero-order chi connectivity index (χ0) is 29.1. The van der Waals surface area contributed by atoms with E-state index in [1.807, 2.05) is 0 Å². The maximum Gasteiger partial charge on any atom is 0.318 e. The van der Waals surface area contributed by atoms with Crippen LogP contribution in [0.15, 0.2) is 55.1 Å². The molecule has 0 unspecified atom stereocenters. The van der Waals surface area contributed by atoms with E-state index in [1.165, 1.54) is 22.5 Å². The smallest absolute Gasteiger partial charge is 0.318 e. The summed E-state index contributed by atoms with van der Waals surface area (Å²) in [4.78, 5) is 34.6. The van der Waals surface area contributed by atoms with Crippen LogP contribution in [0.4, 0.5) is 11.5 Å². The molecule has 1 aromatic heterocycles. The zero-order valence-corrected chi connectivity index (χ0v) is 24.1. The van der Waals surface area contributed by atoms with Gasteiger partial charge in [-0.1, -0.05) is 43.0 Å². The molecule has 2 fully saturated rings. The fourth-order valence-corrected chi connectivity index (χ4v) is 6.26. The van der Waals surface area contributed by atoms with Gasteiger partial charge in [0.05, 0.1) is 18.8 Å². The number of benzene rings is 2. The van der Waals surface area contributed by atoms with Crippen LogP contribution in [0.3, 0.4) is 0 Å². The van der Waals surface area contributed by atoms with Gasteiger partial charge in [-0.3, -0.25) is 4.79 Å². The number of ether oxygens (including phenoxy) is 2. The fraction of sp³-hybridized carbons (Fsp3) is 0.438. The molecule has 3 aliphatic heterocycles. The summed E-state index contributed by atoms with van der Waals surface area (Å²) in [6, 6.07) is 15.0. The highest BCUT2D eigenvalue weighted by Gasteiger charge is 2.35. The molecule has 4 heterocycles. The van der Waals surface area contributed by atoms with E-state index in [0.29, 0.717) is 45.4 Å². The maximum atomic E-state index is 12.5. The lowest BCUT2D eigenvalue weighted by molar-refractivity contribution is -0.128. The fourth-order valence-electron chi connectivity index (χ4n) is 6.26. The Hall–Kier alpha value is -4.20. The minimum atomic E-state index is -0.237. The summed E-state index contributed by atoms with van der Waals surface area (Å²) in [7, 11) is 2.08. The van der Waals surface area contributed by atoms with Gasteiger partial charge < -0.3 is 33.9 Å². The number of carbonyl (C=O) groups is 1. The van der Waals surface area contributed by atoms with E-state index in [4.69, 9.17) is 26.0 Å². The van der Waals surface area contributed by atoms with Crippen molar-refractivity contribution in [3.63, 3.8) is 0 Å². The van der Waals surface area contributed by atoms with Gasteiger partial charge in [-0.05, 0) is 31.0 Å². The van der Waals surface area contributed by atoms with Gasteiger partial charge in [0.15, 0.2) is 0 Å². The van der Waals surface area contributed by atoms with Gasteiger partial charge >= 0.3 is 6.01 Å². The number of hydrogen-bond acceptors (Lipinski definition) is 8. The van der Waals surface area contributed by atoms with Crippen molar-refractivity contribution in [1.29, 1.82) is 0 Å². The summed E-state index contributed by atoms with van der Waals surface area (Å²) >= 11 is 0. The molecule has 0 N–H and O–H groups in total. The van der Waals surface area contributed by atoms with Gasteiger partial charge in [0, 0.05) is 55.9 Å². The molecule has 218 valence electrons. The molecule has 6 rings (SSSR count). The SMILES string of the molecule is [C-]#[N+]C[C@H]1CN(c2nc(OC[C@@H]3CN(C)CCO3)nc3c2CCN(c2cccc4ccccc24)C3)CCN1C(=O)C=C. The first-order chi connectivity index (χ1) is 20.5. The number of carbonyl (C=O) groups excluding carboxylic acids is 1. The Morgan fingerprint density at radius 1 is 1.12 bits per heavy atom. The predicted molar refractivity (Wildman–Crippen MR) is 163 cm³/mol. The number of anilines is 2. The molecule has 3 aromatic rings. The number of fused-ring (bicyclic) bond motifs is 2. The summed E-state index contributed by atoms with van der Waals surface area (Å²) < 4.78 is 12.1. The van der Waals surface area contributed by atoms with Crippen molar-refractivity contribution in [1.82, 2.24) is 19.8 Å². The van der Waals surface area contributed by atoms with E-state index in [2.05, 4.69) is 75.6 Å². The summed E-state index contributed by atoms with van der Waals surface area (Å²) in [5.41, 5.74) is 3.24. The van der Waals surface area contributed by atoms with Crippen LogP contribution in [-0.4, -0.2) is 104 Å². The maximum absolute atomic E-state index is 12.5. The summed E-state index contributed by atoms with van der Waals surface area (Å²) in [6.07, 6.45) is 2.07. The van der Waals surface area contributed by atoms with Crippen molar-refractivity contribution in [2.75, 3.05) is 75.9 Å². The highest BCUT2D eigenvalue weighted by atomic mass is 16.5. The van der Waals surface area contributed by atoms with Crippen LogP contribution in [0, 0.1) is 6.57 Å². The monoisotopic (exact) mass is 567 g/mol. The van der Waals surface area contributed by atoms with Crippen LogP contribution < -0.4 is 14.5 Å². The van der Waals surface area contributed by atoms with Crippen molar-refractivity contribution in [2.45, 2.75) is 25.1 Å². The van der Waals surface area contributed by atoms with E-state index < -0.39 is 0 Å². The highest BCUT2D eigenvalue weighted by molar-refractivity contribution is 5.94. The summed E-state index contributed by atoms with van der Waals surface area (Å²) in [5, 5.41) is 2.43. The molecule has 0 saturated carbocycles. The second-order valence-electron chi connectivity index (χ2n) is 11.2. The topological polar surface area (TPSA) is 78.6 Å². The van der Waals surface area contributed by atoms with Crippen molar-refractivity contribution in [3.8, 4) is 6.01 Å². The largest absolute Gasteiger partial charge is 0.461 e. The molecular formula is C32H37N7O3. The first kappa shape index (κ1) is 27.9. The minimum absolute atomic E-state index is 0.0458. The van der Waals surface area contributed by atoms with Crippen LogP contribution in [0.2, 0.25) is 0 Å². The number of morpholine rings is 1. The molecule has 3 aliphatic rings. The number of piperazine rings is 1. The van der Waals surface area contributed by atoms with Crippen molar-refractivity contribution in [3.05, 3.63) is 77.8 Å². The Bertz CT molecular complexity index is 1500. The highest BCUT2D eigenvalue weighted by Crippen LogP contribution is 2.34. The average Bonchev–Trinajstić information content (AvgIpc) is 3.02. The van der Waals surface area contributed by atoms with Crippen LogP contribution in [-0.2, 0) is 22.5 Å². The second kappa shape index (κ2) is 12.3. The first-order valence-corrected chi connectivity index (χ1v) is 14.6. The summed E-state index contributed by atoms with van der Waals surface area (Å²) in [5.74, 6) is 0.704. The Morgan fingerprint density at radius 3 is 2.81 bits per heavy atom. The van der Waals surface area contributed by atoms with Crippen molar-refractivity contribution < 1.29 is 14.3 Å². The van der Waals surface area contributed by atoms with Gasteiger partial charge in [-0.15, -0.1) is 0 Å². The Kier molecular flexibility index (Phi) is 8.22. The first-order valence-electron chi connectivity index (χ1n) is 14.6. The Balaban J connectivity index is 1.31. The van der Waals surface area contributed by atoms with Crippen molar-refractivity contribution in [2.24, 2.45) is 0 Å². The number of aromatic nitrogens is 2. The minimum Gasteiger partial charge on any atom is -0.461 e. The van der Waals surface area contributed by atoms with Gasteiger partial charge in [-0.2, -0.15) is 9.97 Å². The predicted octanol–water partition coefficient (Wildman–Crippen LogP) is 3.02. The number of likely N-dealkylation sites (N-methyl/N-ethyl adjacent to an activating group) is 1. The van der Waals surface area contributed by atoms with Gasteiger partial charge in [0.2, 0.25) is 12.5 Å².